The van der Waals surface area contributed by atoms with Crippen LogP contribution in [0.5, 0.6) is 5.75 Å². The average Bonchev–Trinajstić information content (AvgIpc) is 3.32. The molecule has 3 aliphatic heterocycles. The van der Waals surface area contributed by atoms with Crippen LogP contribution in [-0.2, 0) is 0 Å². The zero-order valence-electron chi connectivity index (χ0n) is 21.8. The summed E-state index contributed by atoms with van der Waals surface area (Å²) in [5.41, 5.74) is 1.92. The second kappa shape index (κ2) is 8.23. The molecule has 3 aromatic rings. The number of fused-ring (bicyclic) bond motifs is 9. The van der Waals surface area contributed by atoms with Crippen molar-refractivity contribution in [2.24, 2.45) is 0 Å². The van der Waals surface area contributed by atoms with E-state index in [0.29, 0.717) is 35.4 Å². The van der Waals surface area contributed by atoms with Gasteiger partial charge in [0.05, 0.1) is 36.2 Å². The lowest BCUT2D eigenvalue weighted by Gasteiger charge is -2.38. The van der Waals surface area contributed by atoms with E-state index in [0.717, 1.165) is 4.90 Å². The molecule has 10 heteroatoms. The van der Waals surface area contributed by atoms with Gasteiger partial charge in [-0.15, -0.1) is 0 Å². The van der Waals surface area contributed by atoms with Gasteiger partial charge in [-0.25, -0.2) is 13.8 Å². The second-order valence-corrected chi connectivity index (χ2v) is 9.20. The minimum absolute atomic E-state index is 0.0169. The van der Waals surface area contributed by atoms with E-state index in [2.05, 4.69) is 16.8 Å². The van der Waals surface area contributed by atoms with Gasteiger partial charge < -0.3 is 14.2 Å². The molecule has 1 amide bonds. The van der Waals surface area contributed by atoms with Crippen molar-refractivity contribution < 1.29 is 31.2 Å². The average molecular weight is 501 g/mol. The van der Waals surface area contributed by atoms with Gasteiger partial charge in [-0.3, -0.25) is 9.69 Å². The van der Waals surface area contributed by atoms with Crippen LogP contribution in [0.2, 0.25) is 0 Å². The number of aromatic nitrogens is 2. The summed E-state index contributed by atoms with van der Waals surface area (Å²) in [5.74, 6) is 2.72. The fourth-order valence-electron chi connectivity index (χ4n) is 5.33. The molecule has 4 heterocycles. The van der Waals surface area contributed by atoms with Gasteiger partial charge in [-0.2, -0.15) is 8.78 Å². The number of carbonyl (C=O) groups excluding carboxylic acids is 1. The summed E-state index contributed by atoms with van der Waals surface area (Å²) in [6.45, 7) is -6.05. The minimum Gasteiger partial charge on any atom is -0.434 e. The Labute approximate surface area is 208 Å². The van der Waals surface area contributed by atoms with E-state index in [1.54, 1.807) is 27.7 Å². The Morgan fingerprint density at radius 3 is 2.83 bits per heavy atom. The topological polar surface area (TPSA) is 50.6 Å². The number of imidazole rings is 1. The summed E-state index contributed by atoms with van der Waals surface area (Å²) in [6.07, 6.45) is 0.524. The lowest BCUT2D eigenvalue weighted by atomic mass is 9.97. The maximum atomic E-state index is 13.5. The highest BCUT2D eigenvalue weighted by Crippen LogP contribution is 2.49. The van der Waals surface area contributed by atoms with Gasteiger partial charge in [0.15, 0.2) is 0 Å². The van der Waals surface area contributed by atoms with E-state index in [1.165, 1.54) is 18.2 Å². The van der Waals surface area contributed by atoms with Crippen LogP contribution in [0.25, 0.3) is 11.0 Å². The number of alkyl halides is 4. The molecule has 0 radical (unpaired) electrons. The largest absolute Gasteiger partial charge is 0.434 e. The number of hydrogen-bond acceptors (Lipinski definition) is 4. The van der Waals surface area contributed by atoms with Gasteiger partial charge in [-0.1, -0.05) is 17.9 Å². The van der Waals surface area contributed by atoms with E-state index >= 15 is 0 Å². The molecule has 0 saturated carbocycles. The van der Waals surface area contributed by atoms with E-state index in [4.69, 9.17) is 8.85 Å². The van der Waals surface area contributed by atoms with E-state index in [9.17, 15) is 22.4 Å². The van der Waals surface area contributed by atoms with Crippen LogP contribution in [0.1, 0.15) is 56.3 Å². The summed E-state index contributed by atoms with van der Waals surface area (Å²) in [7, 11) is 0. The third kappa shape index (κ3) is 3.69. The van der Waals surface area contributed by atoms with Gasteiger partial charge in [-0.05, 0) is 30.3 Å². The molecule has 6 nitrogen and oxygen atoms in total. The first-order valence-electron chi connectivity index (χ1n) is 13.0. The maximum Gasteiger partial charge on any atom is 0.387 e. The number of likely N-dealkylation sites (tertiary alicyclic amines) is 1. The molecule has 2 bridgehead atoms. The van der Waals surface area contributed by atoms with Crippen molar-refractivity contribution in [1.29, 1.82) is 0 Å². The minimum atomic E-state index is -3.14. The number of amides is 1. The lowest BCUT2D eigenvalue weighted by Crippen LogP contribution is -2.56. The summed E-state index contributed by atoms with van der Waals surface area (Å²) in [6, 6.07) is 7.76. The molecule has 2 atom stereocenters. The van der Waals surface area contributed by atoms with Crippen LogP contribution in [0, 0.1) is 11.8 Å². The molecule has 1 aromatic heterocycles. The highest BCUT2D eigenvalue weighted by molar-refractivity contribution is 5.97. The number of rotatable bonds is 4. The SMILES string of the molecule is [2H]C([2H])([2H])N1C(=O)c2cccc(OC(F)F)c2[C@H]2C[C@@H]1c1nc3ccc(C#CCCN4CC(F)(F)C4)cc3n12. The van der Waals surface area contributed by atoms with Crippen LogP contribution >= 0.6 is 0 Å². The summed E-state index contributed by atoms with van der Waals surface area (Å²) < 4.78 is 83.4. The molecule has 1 fully saturated rings. The summed E-state index contributed by atoms with van der Waals surface area (Å²) in [4.78, 5) is 20.5. The second-order valence-electron chi connectivity index (χ2n) is 9.20. The zero-order chi connectivity index (χ0) is 27.7. The smallest absolute Gasteiger partial charge is 0.387 e. The molecular weight excluding hydrogens is 476 g/mol. The van der Waals surface area contributed by atoms with Crippen molar-refractivity contribution >= 4 is 16.9 Å². The number of hydrogen-bond donors (Lipinski definition) is 0. The quantitative estimate of drug-likeness (QED) is 0.392. The van der Waals surface area contributed by atoms with Crippen molar-refractivity contribution in [3.63, 3.8) is 0 Å². The Bertz CT molecular complexity index is 1540. The molecule has 0 aliphatic carbocycles. The summed E-state index contributed by atoms with van der Waals surface area (Å²) in [5, 5.41) is 0. The molecule has 6 rings (SSSR count). The third-order valence-electron chi connectivity index (χ3n) is 6.84. The molecule has 2 aromatic carbocycles. The monoisotopic (exact) mass is 501 g/mol. The van der Waals surface area contributed by atoms with Crippen molar-refractivity contribution in [2.75, 3.05) is 26.6 Å². The molecule has 0 N–H and O–H groups in total. The number of nitrogens with zero attached hydrogens (tertiary/aromatic N) is 4. The van der Waals surface area contributed by atoms with Crippen LogP contribution in [-0.4, -0.2) is 64.4 Å². The van der Waals surface area contributed by atoms with Crippen LogP contribution in [0.3, 0.4) is 0 Å². The first-order valence-corrected chi connectivity index (χ1v) is 11.5. The van der Waals surface area contributed by atoms with Crippen molar-refractivity contribution in [1.82, 2.24) is 19.4 Å². The van der Waals surface area contributed by atoms with Gasteiger partial charge in [0.2, 0.25) is 0 Å². The number of ether oxygens (including phenoxy) is 1. The van der Waals surface area contributed by atoms with E-state index < -0.39 is 37.5 Å². The van der Waals surface area contributed by atoms with Gasteiger partial charge in [0, 0.05) is 47.2 Å². The van der Waals surface area contributed by atoms with Crippen LogP contribution in [0.4, 0.5) is 17.6 Å². The third-order valence-corrected chi connectivity index (χ3v) is 6.84. The van der Waals surface area contributed by atoms with Gasteiger partial charge in [0.1, 0.15) is 11.6 Å². The van der Waals surface area contributed by atoms with E-state index in [1.807, 2.05) is 0 Å². The first-order chi connectivity index (χ1) is 18.4. The predicted octanol–water partition coefficient (Wildman–Crippen LogP) is 4.45. The van der Waals surface area contributed by atoms with Crippen molar-refractivity contribution in [2.45, 2.75) is 37.5 Å². The fraction of sp³-hybridized carbons (Fsp3) is 0.385. The molecule has 0 spiro atoms. The lowest BCUT2D eigenvalue weighted by molar-refractivity contribution is -0.129. The molecule has 0 unspecified atom stereocenters. The normalized spacial score (nSPS) is 23.6. The number of carbonyl (C=O) groups is 1. The summed E-state index contributed by atoms with van der Waals surface area (Å²) >= 11 is 0. The number of halogens is 4. The predicted molar refractivity (Wildman–Crippen MR) is 123 cm³/mol. The molecular formula is C26H22F4N4O2. The van der Waals surface area contributed by atoms with Gasteiger partial charge >= 0.3 is 6.61 Å². The Morgan fingerprint density at radius 1 is 1.25 bits per heavy atom. The molecule has 36 heavy (non-hydrogen) atoms. The standard InChI is InChI=1S/C26H22F4N4O2/c1-32-20-12-19(22-16(24(32)35)6-4-7-21(22)36-25(27)28)34-18-11-15(8-9-17(18)31-23(20)34)5-2-3-10-33-13-26(29,30)14-33/h4,6-9,11,19-20,25H,3,10,12-14H2,1H3/t19-,20-/m1/s1/i1D3. The highest BCUT2D eigenvalue weighted by atomic mass is 19.3. The highest BCUT2D eigenvalue weighted by Gasteiger charge is 2.45. The Kier molecular flexibility index (Phi) is 4.48. The Balaban J connectivity index is 1.42. The number of benzene rings is 2. The van der Waals surface area contributed by atoms with Crippen LogP contribution in [0.15, 0.2) is 36.4 Å². The Morgan fingerprint density at radius 2 is 2.08 bits per heavy atom. The van der Waals surface area contributed by atoms with Crippen LogP contribution < -0.4 is 4.74 Å². The van der Waals surface area contributed by atoms with Crippen molar-refractivity contribution in [3.05, 3.63) is 58.9 Å². The molecule has 3 aliphatic rings. The van der Waals surface area contributed by atoms with Gasteiger partial charge in [0.25, 0.3) is 11.8 Å². The first kappa shape index (κ1) is 19.6. The van der Waals surface area contributed by atoms with Crippen molar-refractivity contribution in [3.8, 4) is 17.6 Å². The molecule has 1 saturated heterocycles. The maximum absolute atomic E-state index is 13.5. The zero-order valence-corrected chi connectivity index (χ0v) is 18.8. The molecule has 186 valence electrons. The fourth-order valence-corrected chi connectivity index (χ4v) is 5.33. The Hall–Kier alpha value is -3.58. The van der Waals surface area contributed by atoms with E-state index in [-0.39, 0.29) is 36.4 Å².